The minimum absolute atomic E-state index is 0.181. The van der Waals surface area contributed by atoms with E-state index in [4.69, 9.17) is 9.47 Å². The summed E-state index contributed by atoms with van der Waals surface area (Å²) in [5, 5.41) is 13.5. The zero-order valence-corrected chi connectivity index (χ0v) is 30.8. The van der Waals surface area contributed by atoms with Crippen LogP contribution in [-0.4, -0.2) is 81.5 Å². The van der Waals surface area contributed by atoms with E-state index < -0.39 is 59.6 Å². The molecule has 50 heavy (non-hydrogen) atoms. The number of aliphatic hydroxyl groups is 1. The van der Waals surface area contributed by atoms with Crippen LogP contribution in [0.3, 0.4) is 0 Å². The highest BCUT2D eigenvalue weighted by atomic mass is 79.9. The average molecular weight is 751 g/mol. The SMILES string of the molecule is C=CCCC(=O)N[C@H](C)[C@@H](OC(=O)[C@@H]1[C@H]2O[C@@]3(CC2Br)[C@H](C(=O)N(CC=C)c2cc(C)ccc2C)N([C@@H](CC)CO)C(=O)[C@@H]13)c1ccccc1. The summed E-state index contributed by atoms with van der Waals surface area (Å²) in [6.45, 7) is 14.9. The number of hydrogen-bond acceptors (Lipinski definition) is 7. The van der Waals surface area contributed by atoms with Crippen molar-refractivity contribution in [3.8, 4) is 0 Å². The number of anilines is 1. The number of halogens is 1. The number of nitrogens with zero attached hydrogens (tertiary/aromatic N) is 2. The van der Waals surface area contributed by atoms with Crippen molar-refractivity contribution in [1.29, 1.82) is 0 Å². The Hall–Kier alpha value is -3.80. The number of alkyl halides is 1. The van der Waals surface area contributed by atoms with E-state index in [0.29, 0.717) is 30.5 Å². The Bertz CT molecular complexity index is 1610. The molecule has 2 aromatic rings. The van der Waals surface area contributed by atoms with Crippen LogP contribution in [0.1, 0.15) is 62.3 Å². The molecule has 2 bridgehead atoms. The fraction of sp³-hybridized carbons (Fsp3) is 0.487. The number of ether oxygens (including phenoxy) is 2. The number of amides is 3. The van der Waals surface area contributed by atoms with Crippen molar-refractivity contribution in [2.45, 2.75) is 94.1 Å². The number of fused-ring (bicyclic) bond motifs is 1. The summed E-state index contributed by atoms with van der Waals surface area (Å²) in [6, 6.07) is 12.6. The van der Waals surface area contributed by atoms with Gasteiger partial charge in [-0.2, -0.15) is 0 Å². The molecule has 5 rings (SSSR count). The summed E-state index contributed by atoms with van der Waals surface area (Å²) < 4.78 is 13.0. The summed E-state index contributed by atoms with van der Waals surface area (Å²) in [5.74, 6) is -3.71. The van der Waals surface area contributed by atoms with Crippen LogP contribution < -0.4 is 10.2 Å². The van der Waals surface area contributed by atoms with Crippen LogP contribution in [0, 0.1) is 25.7 Å². The van der Waals surface area contributed by atoms with Gasteiger partial charge in [0.1, 0.15) is 17.7 Å². The molecule has 3 amide bonds. The lowest BCUT2D eigenvalue weighted by Gasteiger charge is -2.39. The van der Waals surface area contributed by atoms with Crippen LogP contribution in [0.2, 0.25) is 0 Å². The maximum absolute atomic E-state index is 15.0. The number of allylic oxidation sites excluding steroid dienone is 1. The number of benzene rings is 2. The molecule has 1 unspecified atom stereocenters. The van der Waals surface area contributed by atoms with Crippen molar-refractivity contribution in [2.24, 2.45) is 11.8 Å². The smallest absolute Gasteiger partial charge is 0.313 e. The zero-order valence-electron chi connectivity index (χ0n) is 29.2. The van der Waals surface area contributed by atoms with Gasteiger partial charge in [0.15, 0.2) is 0 Å². The standard InChI is InChI=1S/C39H48BrN3O7/c1-7-10-16-30(45)41-25(6)33(26-14-12-11-13-15-26)49-38(48)31-32-36(46)43(27(9-3)22-44)35(39(32)21-28(40)34(31)50-39)37(47)42(19-8-2)29-20-23(4)17-18-24(29)5/h7-8,11-15,17-18,20,25,27-28,31-35,44H,1-2,9-10,16,19,21-22H2,3-6H3,(H,41,45)/t25-,27+,28?,31+,32-,33-,34+,35+,39-/m1/s1. The number of nitrogens with one attached hydrogen (secondary N) is 1. The molecule has 0 saturated carbocycles. The topological polar surface area (TPSA) is 125 Å². The average Bonchev–Trinajstić information content (AvgIpc) is 3.70. The van der Waals surface area contributed by atoms with Crippen molar-refractivity contribution in [2.75, 3.05) is 18.1 Å². The van der Waals surface area contributed by atoms with Gasteiger partial charge in [-0.15, -0.1) is 13.2 Å². The molecule has 2 N–H and O–H groups in total. The first-order valence-corrected chi connectivity index (χ1v) is 18.3. The van der Waals surface area contributed by atoms with Crippen LogP contribution >= 0.6 is 15.9 Å². The van der Waals surface area contributed by atoms with Gasteiger partial charge in [0.2, 0.25) is 11.8 Å². The number of rotatable bonds is 15. The Labute approximate surface area is 303 Å². The van der Waals surface area contributed by atoms with E-state index in [1.807, 2.05) is 69.3 Å². The lowest BCUT2D eigenvalue weighted by atomic mass is 9.70. The molecule has 10 nitrogen and oxygen atoms in total. The highest BCUT2D eigenvalue weighted by Crippen LogP contribution is 2.61. The zero-order chi connectivity index (χ0) is 36.3. The van der Waals surface area contributed by atoms with E-state index in [0.717, 1.165) is 11.1 Å². The van der Waals surface area contributed by atoms with Gasteiger partial charge in [-0.3, -0.25) is 19.2 Å². The Kier molecular flexibility index (Phi) is 11.7. The third-order valence-electron chi connectivity index (χ3n) is 10.3. The van der Waals surface area contributed by atoms with E-state index in [2.05, 4.69) is 34.4 Å². The lowest BCUT2D eigenvalue weighted by Crippen LogP contribution is -2.59. The second-order valence-corrected chi connectivity index (χ2v) is 14.8. The van der Waals surface area contributed by atoms with Gasteiger partial charge in [0, 0.05) is 23.5 Å². The third-order valence-corrected chi connectivity index (χ3v) is 11.2. The van der Waals surface area contributed by atoms with Gasteiger partial charge < -0.3 is 29.7 Å². The number of hydrogen-bond donors (Lipinski definition) is 2. The summed E-state index contributed by atoms with van der Waals surface area (Å²) in [7, 11) is 0. The maximum Gasteiger partial charge on any atom is 0.313 e. The van der Waals surface area contributed by atoms with Gasteiger partial charge in [-0.25, -0.2) is 0 Å². The minimum Gasteiger partial charge on any atom is -0.455 e. The number of carbonyl (C=O) groups excluding carboxylic acids is 4. The highest BCUT2D eigenvalue weighted by molar-refractivity contribution is 9.09. The van der Waals surface area contributed by atoms with Crippen LogP contribution in [0.15, 0.2) is 73.8 Å². The number of carbonyl (C=O) groups is 4. The fourth-order valence-corrected chi connectivity index (χ4v) is 8.90. The Morgan fingerprint density at radius 2 is 1.90 bits per heavy atom. The molecule has 0 aromatic heterocycles. The van der Waals surface area contributed by atoms with Crippen LogP contribution in [-0.2, 0) is 28.7 Å². The maximum atomic E-state index is 15.0. The van der Waals surface area contributed by atoms with Gasteiger partial charge in [0.25, 0.3) is 5.91 Å². The number of aryl methyl sites for hydroxylation is 2. The molecular weight excluding hydrogens is 702 g/mol. The Morgan fingerprint density at radius 3 is 2.54 bits per heavy atom. The Morgan fingerprint density at radius 1 is 1.18 bits per heavy atom. The first kappa shape index (κ1) is 37.5. The molecular formula is C39H48BrN3O7. The largest absolute Gasteiger partial charge is 0.455 e. The molecule has 1 spiro atoms. The predicted octanol–water partition coefficient (Wildman–Crippen LogP) is 5.10. The molecule has 3 saturated heterocycles. The van der Waals surface area contributed by atoms with Crippen molar-refractivity contribution in [3.05, 3.63) is 90.5 Å². The molecule has 2 aromatic carbocycles. The van der Waals surface area contributed by atoms with Gasteiger partial charge in [-0.1, -0.05) is 77.5 Å². The van der Waals surface area contributed by atoms with Gasteiger partial charge in [0.05, 0.1) is 36.6 Å². The summed E-state index contributed by atoms with van der Waals surface area (Å²) in [4.78, 5) is 59.6. The monoisotopic (exact) mass is 749 g/mol. The highest BCUT2D eigenvalue weighted by Gasteiger charge is 2.77. The summed E-state index contributed by atoms with van der Waals surface area (Å²) in [6.07, 6.45) is 3.13. The second-order valence-electron chi connectivity index (χ2n) is 13.6. The van der Waals surface area contributed by atoms with Crippen molar-refractivity contribution < 1.29 is 33.8 Å². The molecule has 3 fully saturated rings. The van der Waals surface area contributed by atoms with Crippen molar-refractivity contribution in [1.82, 2.24) is 10.2 Å². The first-order chi connectivity index (χ1) is 23.9. The number of esters is 1. The fourth-order valence-electron chi connectivity index (χ4n) is 7.96. The molecule has 268 valence electrons. The van der Waals surface area contributed by atoms with Crippen molar-refractivity contribution in [3.63, 3.8) is 0 Å². The Balaban J connectivity index is 1.54. The lowest BCUT2D eigenvalue weighted by molar-refractivity contribution is -0.162. The molecule has 3 aliphatic heterocycles. The molecule has 3 aliphatic rings. The van der Waals surface area contributed by atoms with Crippen LogP contribution in [0.25, 0.3) is 0 Å². The van der Waals surface area contributed by atoms with E-state index in [1.54, 1.807) is 24.0 Å². The quantitative estimate of drug-likeness (QED) is 0.148. The summed E-state index contributed by atoms with van der Waals surface area (Å²) in [5.41, 5.74) is 1.85. The molecule has 0 aliphatic carbocycles. The van der Waals surface area contributed by atoms with E-state index in [-0.39, 0.29) is 36.2 Å². The number of likely N-dealkylation sites (tertiary alicyclic amines) is 1. The molecule has 0 radical (unpaired) electrons. The third kappa shape index (κ3) is 6.79. The first-order valence-electron chi connectivity index (χ1n) is 17.3. The second kappa shape index (κ2) is 15.6. The molecule has 11 heteroatoms. The van der Waals surface area contributed by atoms with Crippen molar-refractivity contribution >= 4 is 45.3 Å². The molecule has 3 heterocycles. The molecule has 9 atom stereocenters. The summed E-state index contributed by atoms with van der Waals surface area (Å²) >= 11 is 3.74. The van der Waals surface area contributed by atoms with Crippen LogP contribution in [0.5, 0.6) is 0 Å². The minimum atomic E-state index is -1.36. The van der Waals surface area contributed by atoms with Gasteiger partial charge in [-0.05, 0) is 62.8 Å². The van der Waals surface area contributed by atoms with E-state index >= 15 is 0 Å². The van der Waals surface area contributed by atoms with E-state index in [1.165, 1.54) is 4.90 Å². The predicted molar refractivity (Wildman–Crippen MR) is 194 cm³/mol. The van der Waals surface area contributed by atoms with Crippen LogP contribution in [0.4, 0.5) is 5.69 Å². The van der Waals surface area contributed by atoms with Gasteiger partial charge >= 0.3 is 5.97 Å². The number of aliphatic hydroxyl groups excluding tert-OH is 1. The van der Waals surface area contributed by atoms with E-state index in [9.17, 15) is 24.3 Å². The normalized spacial score (nSPS) is 26.9.